The fourth-order valence-electron chi connectivity index (χ4n) is 3.52. The van der Waals surface area contributed by atoms with Gasteiger partial charge in [-0.05, 0) is 36.9 Å². The van der Waals surface area contributed by atoms with Crippen LogP contribution >= 0.6 is 23.1 Å². The summed E-state index contributed by atoms with van der Waals surface area (Å²) >= 11 is 3.00. The summed E-state index contributed by atoms with van der Waals surface area (Å²) in [6.07, 6.45) is 3.87. The third-order valence-corrected chi connectivity index (χ3v) is 7.39. The van der Waals surface area contributed by atoms with Crippen molar-refractivity contribution in [2.75, 3.05) is 50.4 Å². The summed E-state index contributed by atoms with van der Waals surface area (Å²) in [7, 11) is 2.01. The van der Waals surface area contributed by atoms with Gasteiger partial charge in [0.25, 0.3) is 0 Å². The predicted molar refractivity (Wildman–Crippen MR) is 162 cm³/mol. The molecule has 6 N–H and O–H groups in total. The molecule has 0 saturated heterocycles. The molecule has 14 heteroatoms. The van der Waals surface area contributed by atoms with Crippen LogP contribution in [-0.4, -0.2) is 77.2 Å². The number of rotatable bonds is 15. The number of nitrogens with zero attached hydrogens (tertiary/aromatic N) is 8. The first kappa shape index (κ1) is 30.6. The van der Waals surface area contributed by atoms with Crippen molar-refractivity contribution >= 4 is 46.0 Å². The van der Waals surface area contributed by atoms with E-state index in [1.807, 2.05) is 30.6 Å². The number of aliphatic imine (C=N–C) groups is 2. The van der Waals surface area contributed by atoms with Crippen molar-refractivity contribution in [3.63, 3.8) is 0 Å². The Morgan fingerprint density at radius 2 is 1.90 bits per heavy atom. The Morgan fingerprint density at radius 1 is 1.10 bits per heavy atom. The molecule has 2 aromatic heterocycles. The van der Waals surface area contributed by atoms with Crippen LogP contribution in [0, 0.1) is 17.3 Å². The maximum absolute atomic E-state index is 13.3. The summed E-state index contributed by atoms with van der Waals surface area (Å²) in [6.45, 7) is 3.67. The molecule has 0 atom stereocenters. The molecule has 1 aromatic carbocycles. The van der Waals surface area contributed by atoms with E-state index in [1.54, 1.807) is 30.1 Å². The van der Waals surface area contributed by atoms with Crippen LogP contribution in [0.5, 0.6) is 0 Å². The maximum atomic E-state index is 13.3. The monoisotopic (exact) mass is 583 g/mol. The Morgan fingerprint density at radius 3 is 2.60 bits per heavy atom. The van der Waals surface area contributed by atoms with Crippen LogP contribution in [-0.2, 0) is 12.3 Å². The Labute approximate surface area is 242 Å². The van der Waals surface area contributed by atoms with Crippen LogP contribution in [0.2, 0.25) is 0 Å². The number of hydrogen-bond acceptors (Lipinski definition) is 9. The molecule has 3 aromatic rings. The van der Waals surface area contributed by atoms with Gasteiger partial charge in [-0.25, -0.2) is 19.3 Å². The number of nitrogens with two attached hydrogens (primary N) is 3. The second-order valence-corrected chi connectivity index (χ2v) is 10.7. The van der Waals surface area contributed by atoms with Gasteiger partial charge in [0, 0.05) is 55.8 Å². The van der Waals surface area contributed by atoms with E-state index in [2.05, 4.69) is 35.9 Å². The molecule has 2 heterocycles. The number of nitriles is 1. The lowest BCUT2D eigenvalue weighted by Gasteiger charge is -2.26. The quantitative estimate of drug-likeness (QED) is 0.0797. The Kier molecular flexibility index (Phi) is 12.4. The molecule has 3 rings (SSSR count). The lowest BCUT2D eigenvalue weighted by molar-refractivity contribution is 0.348. The summed E-state index contributed by atoms with van der Waals surface area (Å²) in [5, 5.41) is 11.9. The van der Waals surface area contributed by atoms with E-state index in [4.69, 9.17) is 17.2 Å². The fourth-order valence-corrected chi connectivity index (χ4v) is 5.15. The van der Waals surface area contributed by atoms with Crippen molar-refractivity contribution < 1.29 is 4.39 Å². The van der Waals surface area contributed by atoms with Crippen LogP contribution in [0.1, 0.15) is 11.3 Å². The number of thioether (sulfide) groups is 1. The minimum atomic E-state index is -0.254. The maximum Gasteiger partial charge on any atom is 0.212 e. The minimum Gasteiger partial charge on any atom is -0.370 e. The minimum absolute atomic E-state index is 0.0208. The highest BCUT2D eigenvalue weighted by molar-refractivity contribution is 7.98. The molecule has 0 fully saturated rings. The van der Waals surface area contributed by atoms with Crippen LogP contribution in [0.3, 0.4) is 0 Å². The number of pyridine rings is 1. The van der Waals surface area contributed by atoms with Crippen LogP contribution in [0.25, 0.3) is 0 Å². The topological polar surface area (TPSA) is 162 Å². The van der Waals surface area contributed by atoms with Gasteiger partial charge in [0.05, 0.1) is 12.2 Å². The van der Waals surface area contributed by atoms with E-state index in [9.17, 15) is 9.65 Å². The first-order valence-corrected chi connectivity index (χ1v) is 14.6. The molecule has 0 aliphatic carbocycles. The third-order valence-electron chi connectivity index (χ3n) is 5.64. The van der Waals surface area contributed by atoms with Gasteiger partial charge >= 0.3 is 0 Å². The predicted octanol–water partition coefficient (Wildman–Crippen LogP) is 2.55. The molecule has 212 valence electrons. The fraction of sp³-hybridized carbons (Fsp3) is 0.346. The zero-order chi connectivity index (χ0) is 28.7. The number of thiazole rings is 1. The van der Waals surface area contributed by atoms with E-state index >= 15 is 0 Å². The number of benzene rings is 1. The van der Waals surface area contributed by atoms with Gasteiger partial charge in [0.1, 0.15) is 11.6 Å². The van der Waals surface area contributed by atoms with E-state index in [0.29, 0.717) is 42.8 Å². The second-order valence-electron chi connectivity index (χ2n) is 8.74. The van der Waals surface area contributed by atoms with Gasteiger partial charge < -0.3 is 27.0 Å². The van der Waals surface area contributed by atoms with Crippen molar-refractivity contribution in [2.45, 2.75) is 12.3 Å². The SMILES string of the molecule is CN(CCN=C(N)N(C#N)CCSCc1csc(N=C(N)N)n1)CCN(Cc1ccc(F)cc1)c1ccccn1. The summed E-state index contributed by atoms with van der Waals surface area (Å²) in [5.41, 5.74) is 18.7. The van der Waals surface area contributed by atoms with E-state index in [-0.39, 0.29) is 17.7 Å². The third kappa shape index (κ3) is 10.7. The number of aromatic nitrogens is 2. The van der Waals surface area contributed by atoms with Crippen molar-refractivity contribution in [1.29, 1.82) is 5.26 Å². The van der Waals surface area contributed by atoms with Gasteiger partial charge in [-0.3, -0.25) is 4.99 Å². The van der Waals surface area contributed by atoms with Crippen molar-refractivity contribution in [3.8, 4) is 6.19 Å². The highest BCUT2D eigenvalue weighted by Gasteiger charge is 2.11. The summed E-state index contributed by atoms with van der Waals surface area (Å²) in [5.74, 6) is 2.13. The standard InChI is InChI=1S/C26H34FN11S2/c1-36(12-13-37(23-4-2-3-9-32-23)16-20-5-7-21(27)8-6-20)11-10-33-25(31)38(19-28)14-15-39-17-22-18-40-26(34-22)35-24(29)30/h2-9,18H,10-17H2,1H3,(H2,31,33)(H4,29,30,34,35). The highest BCUT2D eigenvalue weighted by Crippen LogP contribution is 2.21. The number of guanidine groups is 2. The zero-order valence-electron chi connectivity index (χ0n) is 22.4. The molecule has 0 spiro atoms. The van der Waals surface area contributed by atoms with Crippen molar-refractivity contribution in [1.82, 2.24) is 19.8 Å². The number of halogens is 1. The van der Waals surface area contributed by atoms with E-state index in [0.717, 1.165) is 30.2 Å². The molecule has 40 heavy (non-hydrogen) atoms. The molecular formula is C26H34FN11S2. The van der Waals surface area contributed by atoms with Crippen LogP contribution in [0.15, 0.2) is 64.0 Å². The van der Waals surface area contributed by atoms with Crippen molar-refractivity contribution in [2.24, 2.45) is 27.2 Å². The molecule has 0 bridgehead atoms. The molecule has 0 radical (unpaired) electrons. The second kappa shape index (κ2) is 16.2. The Bertz CT molecular complexity index is 1270. The molecule has 0 amide bonds. The summed E-state index contributed by atoms with van der Waals surface area (Å²) in [4.78, 5) is 22.9. The molecule has 0 aliphatic heterocycles. The lowest BCUT2D eigenvalue weighted by atomic mass is 10.2. The summed E-state index contributed by atoms with van der Waals surface area (Å²) < 4.78 is 13.3. The lowest BCUT2D eigenvalue weighted by Crippen LogP contribution is -2.37. The highest BCUT2D eigenvalue weighted by atomic mass is 32.2. The smallest absolute Gasteiger partial charge is 0.212 e. The molecule has 0 saturated carbocycles. The number of likely N-dealkylation sites (N-methyl/N-ethyl adjacent to an activating group) is 1. The van der Waals surface area contributed by atoms with Crippen LogP contribution in [0.4, 0.5) is 15.3 Å². The largest absolute Gasteiger partial charge is 0.370 e. The normalized spacial score (nSPS) is 11.3. The molecular weight excluding hydrogens is 549 g/mol. The van der Waals surface area contributed by atoms with E-state index in [1.165, 1.54) is 28.4 Å². The molecule has 11 nitrogen and oxygen atoms in total. The molecule has 0 aliphatic rings. The van der Waals surface area contributed by atoms with Gasteiger partial charge in [-0.1, -0.05) is 18.2 Å². The van der Waals surface area contributed by atoms with Gasteiger partial charge in [-0.2, -0.15) is 22.0 Å². The first-order valence-electron chi connectivity index (χ1n) is 12.5. The zero-order valence-corrected chi connectivity index (χ0v) is 24.0. The first-order chi connectivity index (χ1) is 19.3. The molecule has 0 unspecified atom stereocenters. The van der Waals surface area contributed by atoms with Crippen molar-refractivity contribution in [3.05, 3.63) is 71.1 Å². The van der Waals surface area contributed by atoms with Gasteiger partial charge in [0.2, 0.25) is 11.1 Å². The van der Waals surface area contributed by atoms with E-state index < -0.39 is 0 Å². The average Bonchev–Trinajstić information content (AvgIpc) is 3.38. The Balaban J connectivity index is 1.42. The van der Waals surface area contributed by atoms with Gasteiger partial charge in [-0.15, -0.1) is 11.3 Å². The summed E-state index contributed by atoms with van der Waals surface area (Å²) in [6, 6.07) is 12.3. The number of hydrogen-bond donors (Lipinski definition) is 3. The average molecular weight is 584 g/mol. The Hall–Kier alpha value is -3.93. The van der Waals surface area contributed by atoms with Gasteiger partial charge in [0.15, 0.2) is 12.2 Å². The number of anilines is 1. The van der Waals surface area contributed by atoms with Crippen LogP contribution < -0.4 is 22.1 Å².